The van der Waals surface area contributed by atoms with Gasteiger partial charge < -0.3 is 5.32 Å². The summed E-state index contributed by atoms with van der Waals surface area (Å²) in [4.78, 5) is 0. The van der Waals surface area contributed by atoms with Crippen molar-refractivity contribution in [1.29, 1.82) is 0 Å². The van der Waals surface area contributed by atoms with Crippen molar-refractivity contribution in [2.24, 2.45) is 5.92 Å². The first kappa shape index (κ1) is 7.80. The second kappa shape index (κ2) is 3.77. The molecule has 0 aromatic heterocycles. The van der Waals surface area contributed by atoms with E-state index in [1.54, 1.807) is 5.57 Å². The summed E-state index contributed by atoms with van der Waals surface area (Å²) in [5.41, 5.74) is 1.58. The second-order valence-corrected chi connectivity index (χ2v) is 3.25. The summed E-state index contributed by atoms with van der Waals surface area (Å²) >= 11 is 0. The molecule has 0 aromatic rings. The van der Waals surface area contributed by atoms with Gasteiger partial charge in [-0.05, 0) is 45.7 Å². The highest BCUT2D eigenvalue weighted by Gasteiger charge is 2.10. The quantitative estimate of drug-likeness (QED) is 0.577. The van der Waals surface area contributed by atoms with E-state index in [1.807, 2.05) is 7.05 Å². The first-order valence-electron chi connectivity index (χ1n) is 4.13. The highest BCUT2D eigenvalue weighted by atomic mass is 14.8. The Morgan fingerprint density at radius 1 is 1.70 bits per heavy atom. The van der Waals surface area contributed by atoms with Crippen molar-refractivity contribution in [2.75, 3.05) is 13.6 Å². The van der Waals surface area contributed by atoms with Gasteiger partial charge in [-0.1, -0.05) is 11.6 Å². The van der Waals surface area contributed by atoms with Gasteiger partial charge in [0.2, 0.25) is 0 Å². The molecule has 0 aliphatic heterocycles. The maximum absolute atomic E-state index is 3.22. The first-order chi connectivity index (χ1) is 4.83. The van der Waals surface area contributed by atoms with E-state index in [2.05, 4.69) is 18.3 Å². The summed E-state index contributed by atoms with van der Waals surface area (Å²) < 4.78 is 0. The number of hydrogen-bond acceptors (Lipinski definition) is 1. The fourth-order valence-corrected chi connectivity index (χ4v) is 1.49. The predicted molar refractivity (Wildman–Crippen MR) is 45.0 cm³/mol. The Bertz CT molecular complexity index is 127. The molecular formula is C9H17N. The van der Waals surface area contributed by atoms with Gasteiger partial charge in [-0.25, -0.2) is 0 Å². The molecule has 1 heteroatoms. The lowest BCUT2D eigenvalue weighted by atomic mass is 9.90. The third kappa shape index (κ3) is 2.14. The maximum Gasteiger partial charge on any atom is -0.00204 e. The molecule has 1 nitrogen and oxygen atoms in total. The summed E-state index contributed by atoms with van der Waals surface area (Å²) in [5.74, 6) is 0.897. The number of hydrogen-bond donors (Lipinski definition) is 1. The standard InChI is InChI=1S/C9H17N/c1-8-3-5-9(6-4-8)7-10-2/h3,9-10H,4-7H2,1-2H3. The Hall–Kier alpha value is -0.300. The molecule has 1 atom stereocenters. The van der Waals surface area contributed by atoms with Crippen LogP contribution in [0, 0.1) is 5.92 Å². The molecule has 1 aliphatic rings. The van der Waals surface area contributed by atoms with Crippen molar-refractivity contribution in [1.82, 2.24) is 5.32 Å². The molecule has 0 aromatic carbocycles. The molecule has 0 fully saturated rings. The zero-order valence-electron chi connectivity index (χ0n) is 6.98. The molecular weight excluding hydrogens is 122 g/mol. The highest BCUT2D eigenvalue weighted by Crippen LogP contribution is 2.21. The zero-order chi connectivity index (χ0) is 7.40. The average molecular weight is 139 g/mol. The normalized spacial score (nSPS) is 26.2. The molecule has 0 radical (unpaired) electrons. The Morgan fingerprint density at radius 3 is 3.00 bits per heavy atom. The number of rotatable bonds is 2. The molecule has 1 N–H and O–H groups in total. The van der Waals surface area contributed by atoms with E-state index in [0.29, 0.717) is 0 Å². The number of allylic oxidation sites excluding steroid dienone is 2. The van der Waals surface area contributed by atoms with Gasteiger partial charge in [-0.3, -0.25) is 0 Å². The van der Waals surface area contributed by atoms with Crippen molar-refractivity contribution in [3.05, 3.63) is 11.6 Å². The molecule has 1 unspecified atom stereocenters. The molecule has 1 rings (SSSR count). The van der Waals surface area contributed by atoms with Gasteiger partial charge in [-0.15, -0.1) is 0 Å². The second-order valence-electron chi connectivity index (χ2n) is 3.25. The molecule has 0 bridgehead atoms. The van der Waals surface area contributed by atoms with Gasteiger partial charge in [0.1, 0.15) is 0 Å². The Kier molecular flexibility index (Phi) is 2.94. The summed E-state index contributed by atoms with van der Waals surface area (Å²) in [6.07, 6.45) is 6.35. The van der Waals surface area contributed by atoms with Crippen LogP contribution in [0.1, 0.15) is 26.2 Å². The third-order valence-electron chi connectivity index (χ3n) is 2.24. The third-order valence-corrected chi connectivity index (χ3v) is 2.24. The van der Waals surface area contributed by atoms with Crippen molar-refractivity contribution in [3.8, 4) is 0 Å². The van der Waals surface area contributed by atoms with Crippen LogP contribution in [-0.2, 0) is 0 Å². The molecule has 0 amide bonds. The molecule has 1 aliphatic carbocycles. The Labute approximate surface area is 63.5 Å². The molecule has 0 heterocycles. The summed E-state index contributed by atoms with van der Waals surface area (Å²) in [7, 11) is 2.03. The van der Waals surface area contributed by atoms with Gasteiger partial charge in [0.15, 0.2) is 0 Å². The SMILES string of the molecule is CNCC1CC=C(C)CC1. The van der Waals surface area contributed by atoms with Crippen LogP contribution in [-0.4, -0.2) is 13.6 Å². The fourth-order valence-electron chi connectivity index (χ4n) is 1.49. The lowest BCUT2D eigenvalue weighted by Crippen LogP contribution is -2.19. The van der Waals surface area contributed by atoms with Crippen LogP contribution in [0.3, 0.4) is 0 Å². The van der Waals surface area contributed by atoms with Crippen molar-refractivity contribution >= 4 is 0 Å². The minimum Gasteiger partial charge on any atom is -0.319 e. The van der Waals surface area contributed by atoms with E-state index < -0.39 is 0 Å². The van der Waals surface area contributed by atoms with E-state index >= 15 is 0 Å². The van der Waals surface area contributed by atoms with Crippen molar-refractivity contribution < 1.29 is 0 Å². The summed E-state index contributed by atoms with van der Waals surface area (Å²) in [6.45, 7) is 3.42. The van der Waals surface area contributed by atoms with Crippen LogP contribution >= 0.6 is 0 Å². The molecule has 10 heavy (non-hydrogen) atoms. The molecule has 0 saturated carbocycles. The average Bonchev–Trinajstić information content (AvgIpc) is 1.95. The van der Waals surface area contributed by atoms with Crippen LogP contribution in [0.2, 0.25) is 0 Å². The Morgan fingerprint density at radius 2 is 2.50 bits per heavy atom. The minimum atomic E-state index is 0.897. The van der Waals surface area contributed by atoms with Gasteiger partial charge in [0.05, 0.1) is 0 Å². The predicted octanol–water partition coefficient (Wildman–Crippen LogP) is 1.95. The molecule has 58 valence electrons. The zero-order valence-corrected chi connectivity index (χ0v) is 6.98. The van der Waals surface area contributed by atoms with Crippen molar-refractivity contribution in [3.63, 3.8) is 0 Å². The minimum absolute atomic E-state index is 0.897. The van der Waals surface area contributed by atoms with E-state index in [1.165, 1.54) is 25.8 Å². The lowest BCUT2D eigenvalue weighted by molar-refractivity contribution is 0.450. The highest BCUT2D eigenvalue weighted by molar-refractivity contribution is 5.02. The Balaban J connectivity index is 2.27. The van der Waals surface area contributed by atoms with E-state index in [9.17, 15) is 0 Å². The maximum atomic E-state index is 3.22. The van der Waals surface area contributed by atoms with Gasteiger partial charge in [0, 0.05) is 0 Å². The van der Waals surface area contributed by atoms with E-state index in [-0.39, 0.29) is 0 Å². The summed E-state index contributed by atoms with van der Waals surface area (Å²) in [5, 5.41) is 3.22. The molecule has 0 spiro atoms. The number of nitrogens with one attached hydrogen (secondary N) is 1. The van der Waals surface area contributed by atoms with Crippen LogP contribution in [0.25, 0.3) is 0 Å². The van der Waals surface area contributed by atoms with E-state index in [0.717, 1.165) is 5.92 Å². The van der Waals surface area contributed by atoms with Crippen LogP contribution in [0.5, 0.6) is 0 Å². The van der Waals surface area contributed by atoms with Crippen LogP contribution in [0.15, 0.2) is 11.6 Å². The van der Waals surface area contributed by atoms with Crippen LogP contribution < -0.4 is 5.32 Å². The van der Waals surface area contributed by atoms with Crippen molar-refractivity contribution in [2.45, 2.75) is 26.2 Å². The summed E-state index contributed by atoms with van der Waals surface area (Å²) in [6, 6.07) is 0. The van der Waals surface area contributed by atoms with Gasteiger partial charge in [-0.2, -0.15) is 0 Å². The molecule has 0 saturated heterocycles. The first-order valence-corrected chi connectivity index (χ1v) is 4.13. The van der Waals surface area contributed by atoms with Gasteiger partial charge >= 0.3 is 0 Å². The lowest BCUT2D eigenvalue weighted by Gasteiger charge is -2.19. The van der Waals surface area contributed by atoms with Crippen LogP contribution in [0.4, 0.5) is 0 Å². The van der Waals surface area contributed by atoms with E-state index in [4.69, 9.17) is 0 Å². The van der Waals surface area contributed by atoms with Gasteiger partial charge in [0.25, 0.3) is 0 Å². The largest absolute Gasteiger partial charge is 0.319 e. The monoisotopic (exact) mass is 139 g/mol. The topological polar surface area (TPSA) is 12.0 Å². The fraction of sp³-hybridized carbons (Fsp3) is 0.778. The smallest absolute Gasteiger partial charge is 0.00204 e.